The van der Waals surface area contributed by atoms with Crippen LogP contribution < -0.4 is 0 Å². The number of likely N-dealkylation sites (tertiary alicyclic amines) is 1. The van der Waals surface area contributed by atoms with Gasteiger partial charge in [0.2, 0.25) is 11.7 Å². The van der Waals surface area contributed by atoms with Crippen LogP contribution in [0.1, 0.15) is 12.3 Å². The van der Waals surface area contributed by atoms with Gasteiger partial charge in [0.25, 0.3) is 6.43 Å². The lowest BCUT2D eigenvalue weighted by Gasteiger charge is -2.28. The third kappa shape index (κ3) is 4.30. The molecule has 1 aliphatic heterocycles. The molecule has 1 atom stereocenters. The average molecular weight is 409 g/mol. The van der Waals surface area contributed by atoms with E-state index in [4.69, 9.17) is 9.26 Å². The molecule has 1 aliphatic rings. The monoisotopic (exact) mass is 409 g/mol. The molecule has 154 valence electrons. The summed E-state index contributed by atoms with van der Waals surface area (Å²) in [6, 6.07) is 4.96. The van der Waals surface area contributed by atoms with Gasteiger partial charge in [-0.2, -0.15) is 18.2 Å². The largest absolute Gasteiger partial charge is 0.404 e. The molecule has 0 amide bonds. The predicted molar refractivity (Wildman–Crippen MR) is 85.3 cm³/mol. The minimum atomic E-state index is -4.65. The van der Waals surface area contributed by atoms with E-state index >= 15 is 0 Å². The summed E-state index contributed by atoms with van der Waals surface area (Å²) < 4.78 is 88.5. The first-order chi connectivity index (χ1) is 13.2. The summed E-state index contributed by atoms with van der Waals surface area (Å²) >= 11 is 0. The molecule has 0 spiro atoms. The van der Waals surface area contributed by atoms with Crippen molar-refractivity contribution in [2.24, 2.45) is 0 Å². The number of nitrogens with zero attached hydrogens (tertiary/aromatic N) is 3. The Kier molecular flexibility index (Phi) is 5.94. The highest BCUT2D eigenvalue weighted by Crippen LogP contribution is 2.47. The molecule has 28 heavy (non-hydrogen) atoms. The molecule has 0 N–H and O–H groups in total. The van der Waals surface area contributed by atoms with Gasteiger partial charge in [0.15, 0.2) is 5.41 Å². The Morgan fingerprint density at radius 3 is 2.57 bits per heavy atom. The van der Waals surface area contributed by atoms with Gasteiger partial charge in [-0.15, -0.1) is 0 Å². The average Bonchev–Trinajstić information content (AvgIpc) is 3.27. The van der Waals surface area contributed by atoms with Gasteiger partial charge in [-0.3, -0.25) is 4.90 Å². The molecule has 0 bridgehead atoms. The van der Waals surface area contributed by atoms with Crippen LogP contribution >= 0.6 is 0 Å². The lowest BCUT2D eigenvalue weighted by Crippen LogP contribution is -2.45. The molecule has 11 heteroatoms. The third-order valence-electron chi connectivity index (χ3n) is 4.62. The van der Waals surface area contributed by atoms with Crippen LogP contribution in [0.4, 0.5) is 26.3 Å². The Balaban J connectivity index is 1.75. The van der Waals surface area contributed by atoms with Crippen molar-refractivity contribution < 1.29 is 35.6 Å². The van der Waals surface area contributed by atoms with Crippen molar-refractivity contribution in [2.45, 2.75) is 24.4 Å². The number of aromatic nitrogens is 2. The van der Waals surface area contributed by atoms with Crippen LogP contribution in [-0.2, 0) is 10.2 Å². The molecule has 1 aromatic carbocycles. The minimum Gasteiger partial charge on any atom is -0.374 e. The van der Waals surface area contributed by atoms with E-state index in [1.807, 2.05) is 0 Å². The van der Waals surface area contributed by atoms with Crippen molar-refractivity contribution in [3.8, 4) is 11.4 Å². The first-order valence-corrected chi connectivity index (χ1v) is 8.46. The highest BCUT2D eigenvalue weighted by molar-refractivity contribution is 5.54. The minimum absolute atomic E-state index is 0.0719. The SMILES string of the molecule is Fc1ccc(-c2noc(C3(C(F)(F)F)CCN(CCOCC(F)F)C3)n2)cc1. The van der Waals surface area contributed by atoms with E-state index < -0.39 is 42.9 Å². The van der Waals surface area contributed by atoms with Crippen molar-refractivity contribution in [3.63, 3.8) is 0 Å². The second kappa shape index (κ2) is 8.08. The molecule has 0 saturated carbocycles. The van der Waals surface area contributed by atoms with Crippen molar-refractivity contribution >= 4 is 0 Å². The zero-order chi connectivity index (χ0) is 20.4. The summed E-state index contributed by atoms with van der Waals surface area (Å²) in [7, 11) is 0. The fourth-order valence-corrected chi connectivity index (χ4v) is 3.11. The van der Waals surface area contributed by atoms with Crippen molar-refractivity contribution in [1.82, 2.24) is 15.0 Å². The number of rotatable bonds is 7. The molecular weight excluding hydrogens is 392 g/mol. The Bertz CT molecular complexity index is 780. The maximum atomic E-state index is 13.9. The van der Waals surface area contributed by atoms with Gasteiger partial charge >= 0.3 is 6.18 Å². The molecular formula is C17H17F6N3O2. The van der Waals surface area contributed by atoms with E-state index in [1.165, 1.54) is 17.0 Å². The molecule has 1 aromatic heterocycles. The summed E-state index contributed by atoms with van der Waals surface area (Å²) in [5.74, 6) is -1.15. The maximum Gasteiger partial charge on any atom is 0.404 e. The summed E-state index contributed by atoms with van der Waals surface area (Å²) in [5, 5.41) is 3.60. The lowest BCUT2D eigenvalue weighted by molar-refractivity contribution is -0.193. The molecule has 2 aromatic rings. The molecule has 0 aliphatic carbocycles. The van der Waals surface area contributed by atoms with Crippen molar-refractivity contribution in [2.75, 3.05) is 32.8 Å². The number of hydrogen-bond donors (Lipinski definition) is 0. The first-order valence-electron chi connectivity index (χ1n) is 8.46. The van der Waals surface area contributed by atoms with Crippen LogP contribution in [0.3, 0.4) is 0 Å². The zero-order valence-corrected chi connectivity index (χ0v) is 14.6. The van der Waals surface area contributed by atoms with Crippen LogP contribution in [0.2, 0.25) is 0 Å². The number of ether oxygens (including phenoxy) is 1. The van der Waals surface area contributed by atoms with E-state index in [2.05, 4.69) is 10.1 Å². The molecule has 3 rings (SSSR count). The Hall–Kier alpha value is -2.14. The highest BCUT2D eigenvalue weighted by atomic mass is 19.4. The smallest absolute Gasteiger partial charge is 0.374 e. The van der Waals surface area contributed by atoms with Crippen LogP contribution in [0.15, 0.2) is 28.8 Å². The number of hydrogen-bond acceptors (Lipinski definition) is 5. The quantitative estimate of drug-likeness (QED) is 0.516. The topological polar surface area (TPSA) is 51.4 Å². The van der Waals surface area contributed by atoms with Crippen LogP contribution in [0, 0.1) is 5.82 Å². The molecule has 2 heterocycles. The maximum absolute atomic E-state index is 13.9. The van der Waals surface area contributed by atoms with Gasteiger partial charge in [-0.1, -0.05) is 5.16 Å². The summed E-state index contributed by atoms with van der Waals surface area (Å²) in [5.41, 5.74) is -2.04. The zero-order valence-electron chi connectivity index (χ0n) is 14.6. The number of benzene rings is 1. The lowest BCUT2D eigenvalue weighted by atomic mass is 9.86. The molecule has 1 unspecified atom stereocenters. The summed E-state index contributed by atoms with van der Waals surface area (Å²) in [6.45, 7) is -1.17. The van der Waals surface area contributed by atoms with Crippen LogP contribution in [0.25, 0.3) is 11.4 Å². The van der Waals surface area contributed by atoms with Crippen LogP contribution in [-0.4, -0.2) is 60.5 Å². The standard InChI is InChI=1S/C17H17F6N3O2/c18-12-3-1-11(2-4-12)14-24-15(28-25-14)16(17(21,22)23)5-6-26(10-16)7-8-27-9-13(19)20/h1-4,13H,5-10H2. The third-order valence-corrected chi connectivity index (χ3v) is 4.62. The number of halogens is 6. The Morgan fingerprint density at radius 2 is 1.93 bits per heavy atom. The molecule has 1 saturated heterocycles. The van der Waals surface area contributed by atoms with Gasteiger partial charge in [0.05, 0.1) is 6.61 Å². The highest BCUT2D eigenvalue weighted by Gasteiger charge is 2.62. The normalized spacial score (nSPS) is 21.0. The van der Waals surface area contributed by atoms with E-state index in [0.29, 0.717) is 5.56 Å². The van der Waals surface area contributed by atoms with Crippen molar-refractivity contribution in [3.05, 3.63) is 36.0 Å². The summed E-state index contributed by atoms with van der Waals surface area (Å²) in [4.78, 5) is 5.37. The van der Waals surface area contributed by atoms with E-state index in [-0.39, 0.29) is 31.9 Å². The van der Waals surface area contributed by atoms with Gasteiger partial charge in [-0.05, 0) is 37.2 Å². The van der Waals surface area contributed by atoms with Crippen molar-refractivity contribution in [1.29, 1.82) is 0 Å². The predicted octanol–water partition coefficient (Wildman–Crippen LogP) is 3.66. The second-order valence-corrected chi connectivity index (χ2v) is 6.50. The van der Waals surface area contributed by atoms with Gasteiger partial charge < -0.3 is 9.26 Å². The first kappa shape index (κ1) is 20.6. The molecule has 1 fully saturated rings. The van der Waals surface area contributed by atoms with E-state index in [0.717, 1.165) is 12.1 Å². The fourth-order valence-electron chi connectivity index (χ4n) is 3.11. The molecule has 5 nitrogen and oxygen atoms in total. The van der Waals surface area contributed by atoms with E-state index in [1.54, 1.807) is 0 Å². The molecule has 0 radical (unpaired) electrons. The Morgan fingerprint density at radius 1 is 1.21 bits per heavy atom. The second-order valence-electron chi connectivity index (χ2n) is 6.50. The fraction of sp³-hybridized carbons (Fsp3) is 0.529. The van der Waals surface area contributed by atoms with Gasteiger partial charge in [0.1, 0.15) is 12.4 Å². The number of alkyl halides is 5. The van der Waals surface area contributed by atoms with Crippen LogP contribution in [0.5, 0.6) is 0 Å². The van der Waals surface area contributed by atoms with Gasteiger partial charge in [0, 0.05) is 18.7 Å². The van der Waals surface area contributed by atoms with Gasteiger partial charge in [-0.25, -0.2) is 13.2 Å². The summed E-state index contributed by atoms with van der Waals surface area (Å²) in [6.07, 6.45) is -7.59. The Labute approximate surface area is 156 Å². The van der Waals surface area contributed by atoms with E-state index in [9.17, 15) is 26.3 Å².